The summed E-state index contributed by atoms with van der Waals surface area (Å²) in [7, 11) is 0. The highest BCUT2D eigenvalue weighted by molar-refractivity contribution is 6.22. The smallest absolute Gasteiger partial charge is 0.262 e. The molecule has 2 aliphatic rings. The lowest BCUT2D eigenvalue weighted by Crippen LogP contribution is -2.55. The molecule has 0 radical (unpaired) electrons. The fourth-order valence-electron chi connectivity index (χ4n) is 4.60. The number of benzene rings is 1. The van der Waals surface area contributed by atoms with E-state index in [1.807, 2.05) is 32.0 Å². The van der Waals surface area contributed by atoms with E-state index in [-0.39, 0.29) is 5.91 Å². The number of nitrogens with one attached hydrogen (secondary N) is 1. The monoisotopic (exact) mass is 485 g/mol. The Hall–Kier alpha value is -4.34. The van der Waals surface area contributed by atoms with Gasteiger partial charge in [0.15, 0.2) is 0 Å². The number of carbonyl (C=O) groups is 3. The molecule has 36 heavy (non-hydrogen) atoms. The van der Waals surface area contributed by atoms with Crippen molar-refractivity contribution in [1.29, 1.82) is 0 Å². The van der Waals surface area contributed by atoms with Crippen LogP contribution in [0.2, 0.25) is 0 Å². The number of nitrogens with zero attached hydrogens (tertiary/aromatic N) is 6. The number of piperazine rings is 1. The molecule has 1 aromatic carbocycles. The van der Waals surface area contributed by atoms with Gasteiger partial charge in [-0.05, 0) is 50.6 Å². The fourth-order valence-corrected chi connectivity index (χ4v) is 4.60. The summed E-state index contributed by atoms with van der Waals surface area (Å²) in [5.41, 5.74) is 1.78. The lowest BCUT2D eigenvalue weighted by molar-refractivity contribution is -0.135. The molecule has 1 fully saturated rings. The summed E-state index contributed by atoms with van der Waals surface area (Å²) in [6.45, 7) is 7.50. The third-order valence-electron chi connectivity index (χ3n) is 6.48. The first kappa shape index (κ1) is 23.4. The van der Waals surface area contributed by atoms with Gasteiger partial charge in [-0.1, -0.05) is 12.1 Å². The summed E-state index contributed by atoms with van der Waals surface area (Å²) in [5, 5.41) is 3.23. The zero-order valence-corrected chi connectivity index (χ0v) is 20.4. The summed E-state index contributed by atoms with van der Waals surface area (Å²) in [6.07, 6.45) is 1.74. The average molecular weight is 486 g/mol. The van der Waals surface area contributed by atoms with Crippen LogP contribution in [-0.2, 0) is 4.79 Å². The highest BCUT2D eigenvalue weighted by Crippen LogP contribution is 2.26. The SMILES string of the molecule is Cc1ccnc(Nc2cc(N3CCN(C(=O)C(C)N4C(=O)c5ccccc5C4=O)CC3)nc(C)n2)c1. The van der Waals surface area contributed by atoms with Crippen molar-refractivity contribution < 1.29 is 14.4 Å². The molecule has 4 heterocycles. The summed E-state index contributed by atoms with van der Waals surface area (Å²) in [5.74, 6) is 1.66. The van der Waals surface area contributed by atoms with Crippen molar-refractivity contribution >= 4 is 35.2 Å². The molecule has 1 saturated heterocycles. The van der Waals surface area contributed by atoms with E-state index in [2.05, 4.69) is 25.2 Å². The van der Waals surface area contributed by atoms with Gasteiger partial charge in [-0.3, -0.25) is 19.3 Å². The second-order valence-electron chi connectivity index (χ2n) is 9.02. The van der Waals surface area contributed by atoms with Crippen LogP contribution in [0.5, 0.6) is 0 Å². The Kier molecular flexibility index (Phi) is 6.09. The Bertz CT molecular complexity index is 1320. The van der Waals surface area contributed by atoms with E-state index in [0.717, 1.165) is 16.3 Å². The molecule has 3 amide bonds. The van der Waals surface area contributed by atoms with Crippen LogP contribution >= 0.6 is 0 Å². The molecule has 184 valence electrons. The van der Waals surface area contributed by atoms with Gasteiger partial charge in [-0.15, -0.1) is 0 Å². The maximum absolute atomic E-state index is 13.2. The van der Waals surface area contributed by atoms with Crippen molar-refractivity contribution in [2.24, 2.45) is 0 Å². The summed E-state index contributed by atoms with van der Waals surface area (Å²) < 4.78 is 0. The number of rotatable bonds is 5. The molecular weight excluding hydrogens is 458 g/mol. The first-order valence-electron chi connectivity index (χ1n) is 11.9. The van der Waals surface area contributed by atoms with Gasteiger partial charge in [0.2, 0.25) is 5.91 Å². The van der Waals surface area contributed by atoms with Gasteiger partial charge in [0, 0.05) is 38.4 Å². The standard InChI is InChI=1S/C26H27N7O3/c1-16-8-9-27-21(14-16)30-22-15-23(29-18(3)28-22)31-10-12-32(13-11-31)24(34)17(2)33-25(35)19-6-4-5-7-20(19)26(33)36/h4-9,14-15,17H,10-13H2,1-3H3,(H,27,28,29,30). The Labute approximate surface area is 209 Å². The number of carbonyl (C=O) groups excluding carboxylic acids is 3. The first-order valence-corrected chi connectivity index (χ1v) is 11.9. The lowest BCUT2D eigenvalue weighted by Gasteiger charge is -2.37. The minimum atomic E-state index is -0.872. The molecule has 0 spiro atoms. The Morgan fingerprint density at radius 1 is 0.917 bits per heavy atom. The second kappa shape index (κ2) is 9.37. The molecule has 3 aromatic rings. The highest BCUT2D eigenvalue weighted by atomic mass is 16.2. The number of anilines is 3. The number of amides is 3. The molecule has 0 saturated carbocycles. The van der Waals surface area contributed by atoms with Gasteiger partial charge in [-0.2, -0.15) is 0 Å². The fraction of sp³-hybridized carbons (Fsp3) is 0.308. The third-order valence-corrected chi connectivity index (χ3v) is 6.48. The summed E-state index contributed by atoms with van der Waals surface area (Å²) in [4.78, 5) is 57.1. The molecule has 1 unspecified atom stereocenters. The quantitative estimate of drug-likeness (QED) is 0.549. The molecule has 2 aromatic heterocycles. The predicted molar refractivity (Wildman–Crippen MR) is 134 cm³/mol. The van der Waals surface area contributed by atoms with Crippen molar-refractivity contribution in [3.8, 4) is 0 Å². The number of pyridine rings is 1. The number of aryl methyl sites for hydroxylation is 2. The number of fused-ring (bicyclic) bond motifs is 1. The van der Waals surface area contributed by atoms with Crippen molar-refractivity contribution in [2.45, 2.75) is 26.8 Å². The molecule has 0 aliphatic carbocycles. The zero-order chi connectivity index (χ0) is 25.4. The molecule has 1 atom stereocenters. The van der Waals surface area contributed by atoms with Gasteiger partial charge < -0.3 is 15.1 Å². The van der Waals surface area contributed by atoms with E-state index in [1.54, 1.807) is 42.3 Å². The summed E-state index contributed by atoms with van der Waals surface area (Å²) >= 11 is 0. The second-order valence-corrected chi connectivity index (χ2v) is 9.02. The number of hydrogen-bond acceptors (Lipinski definition) is 8. The first-order chi connectivity index (χ1) is 17.3. The van der Waals surface area contributed by atoms with Crippen LogP contribution in [0.15, 0.2) is 48.7 Å². The summed E-state index contributed by atoms with van der Waals surface area (Å²) in [6, 6.07) is 11.5. The average Bonchev–Trinajstić information content (AvgIpc) is 3.13. The van der Waals surface area contributed by atoms with E-state index in [4.69, 9.17) is 0 Å². The normalized spacial score (nSPS) is 16.2. The van der Waals surface area contributed by atoms with Crippen LogP contribution in [-0.4, -0.2) is 74.7 Å². The molecule has 1 N–H and O–H groups in total. The van der Waals surface area contributed by atoms with Crippen LogP contribution in [0.1, 0.15) is 39.0 Å². The molecule has 2 aliphatic heterocycles. The molecule has 5 rings (SSSR count). The molecule has 10 nitrogen and oxygen atoms in total. The van der Waals surface area contributed by atoms with E-state index in [0.29, 0.717) is 54.8 Å². The zero-order valence-electron chi connectivity index (χ0n) is 20.4. The van der Waals surface area contributed by atoms with Crippen molar-refractivity contribution in [3.63, 3.8) is 0 Å². The van der Waals surface area contributed by atoms with E-state index in [9.17, 15) is 14.4 Å². The van der Waals surface area contributed by atoms with E-state index >= 15 is 0 Å². The van der Waals surface area contributed by atoms with E-state index in [1.165, 1.54) is 0 Å². The number of imide groups is 1. The van der Waals surface area contributed by atoms with Crippen LogP contribution in [0.25, 0.3) is 0 Å². The van der Waals surface area contributed by atoms with Gasteiger partial charge >= 0.3 is 0 Å². The Morgan fingerprint density at radius 3 is 2.22 bits per heavy atom. The highest BCUT2D eigenvalue weighted by Gasteiger charge is 2.42. The van der Waals surface area contributed by atoms with Crippen LogP contribution in [0, 0.1) is 13.8 Å². The number of aromatic nitrogens is 3. The number of hydrogen-bond donors (Lipinski definition) is 1. The van der Waals surface area contributed by atoms with Gasteiger partial charge in [-0.25, -0.2) is 15.0 Å². The van der Waals surface area contributed by atoms with Crippen molar-refractivity contribution in [1.82, 2.24) is 24.8 Å². The molecule has 10 heteroatoms. The largest absolute Gasteiger partial charge is 0.353 e. The van der Waals surface area contributed by atoms with Crippen molar-refractivity contribution in [3.05, 3.63) is 71.2 Å². The van der Waals surface area contributed by atoms with Crippen LogP contribution in [0.3, 0.4) is 0 Å². The Morgan fingerprint density at radius 2 is 1.58 bits per heavy atom. The third kappa shape index (κ3) is 4.37. The minimum absolute atomic E-state index is 0.240. The molecular formula is C26H27N7O3. The maximum atomic E-state index is 13.2. The maximum Gasteiger partial charge on any atom is 0.262 e. The van der Waals surface area contributed by atoms with Crippen LogP contribution in [0.4, 0.5) is 17.5 Å². The van der Waals surface area contributed by atoms with Crippen molar-refractivity contribution in [2.75, 3.05) is 36.4 Å². The Balaban J connectivity index is 1.24. The van der Waals surface area contributed by atoms with Crippen LogP contribution < -0.4 is 10.2 Å². The lowest BCUT2D eigenvalue weighted by atomic mass is 10.1. The van der Waals surface area contributed by atoms with Gasteiger partial charge in [0.25, 0.3) is 11.8 Å². The topological polar surface area (TPSA) is 112 Å². The minimum Gasteiger partial charge on any atom is -0.353 e. The van der Waals surface area contributed by atoms with E-state index < -0.39 is 17.9 Å². The molecule has 0 bridgehead atoms. The van der Waals surface area contributed by atoms with Gasteiger partial charge in [0.05, 0.1) is 11.1 Å². The predicted octanol–water partition coefficient (Wildman–Crippen LogP) is 2.57. The van der Waals surface area contributed by atoms with Gasteiger partial charge in [0.1, 0.15) is 29.3 Å².